The van der Waals surface area contributed by atoms with Crippen molar-refractivity contribution in [1.29, 1.82) is 0 Å². The van der Waals surface area contributed by atoms with E-state index in [0.717, 1.165) is 22.6 Å². The van der Waals surface area contributed by atoms with Crippen molar-refractivity contribution in [3.05, 3.63) is 83.5 Å². The lowest BCUT2D eigenvalue weighted by Gasteiger charge is -2.10. The molecule has 2 aromatic heterocycles. The van der Waals surface area contributed by atoms with Crippen LogP contribution in [0, 0.1) is 20.8 Å². The molecule has 0 aliphatic carbocycles. The van der Waals surface area contributed by atoms with Gasteiger partial charge in [-0.3, -0.25) is 4.79 Å². The highest BCUT2D eigenvalue weighted by Gasteiger charge is 2.17. The Morgan fingerprint density at radius 1 is 1.03 bits per heavy atom. The maximum Gasteiger partial charge on any atom is 0.247 e. The van der Waals surface area contributed by atoms with Gasteiger partial charge in [0.1, 0.15) is 5.75 Å². The Labute approximate surface area is 168 Å². The molecule has 6 nitrogen and oxygen atoms in total. The van der Waals surface area contributed by atoms with E-state index in [2.05, 4.69) is 46.0 Å². The minimum Gasteiger partial charge on any atom is -0.485 e. The van der Waals surface area contributed by atoms with Gasteiger partial charge < -0.3 is 13.7 Å². The molecule has 4 aromatic rings. The molecule has 2 aromatic carbocycles. The predicted molar refractivity (Wildman–Crippen MR) is 110 cm³/mol. The molecule has 0 atom stereocenters. The van der Waals surface area contributed by atoms with Crippen LogP contribution in [0.1, 0.15) is 27.3 Å². The molecular formula is C23H21N3O3. The number of aromatic nitrogens is 3. The first-order valence-corrected chi connectivity index (χ1v) is 9.31. The number of hydrogen-bond donors (Lipinski definition) is 0. The van der Waals surface area contributed by atoms with E-state index in [-0.39, 0.29) is 12.4 Å². The minimum absolute atomic E-state index is 0.0297. The highest BCUT2D eigenvalue weighted by Crippen LogP contribution is 2.23. The predicted octanol–water partition coefficient (Wildman–Crippen LogP) is 4.71. The summed E-state index contributed by atoms with van der Waals surface area (Å²) in [5.74, 6) is 0.988. The van der Waals surface area contributed by atoms with Crippen molar-refractivity contribution in [3.63, 3.8) is 0 Å². The molecule has 0 saturated carbocycles. The highest BCUT2D eigenvalue weighted by molar-refractivity contribution is 5.98. The van der Waals surface area contributed by atoms with Crippen molar-refractivity contribution in [2.45, 2.75) is 20.8 Å². The quantitative estimate of drug-likeness (QED) is 0.448. The van der Waals surface area contributed by atoms with E-state index >= 15 is 0 Å². The van der Waals surface area contributed by atoms with Crippen LogP contribution < -0.4 is 4.74 Å². The molecule has 29 heavy (non-hydrogen) atoms. The van der Waals surface area contributed by atoms with Gasteiger partial charge >= 0.3 is 0 Å². The van der Waals surface area contributed by atoms with Crippen molar-refractivity contribution in [2.24, 2.45) is 0 Å². The molecule has 0 saturated heterocycles. The molecule has 0 radical (unpaired) electrons. The normalized spacial score (nSPS) is 10.9. The number of carbonyl (C=O) groups is 1. The molecule has 2 heterocycles. The van der Waals surface area contributed by atoms with Crippen molar-refractivity contribution in [3.8, 4) is 22.9 Å². The second-order valence-corrected chi connectivity index (χ2v) is 6.94. The molecule has 0 amide bonds. The number of ether oxygens (including phenoxy) is 1. The van der Waals surface area contributed by atoms with Crippen LogP contribution in [0.4, 0.5) is 0 Å². The number of Topliss-reactive ketones (excluding diaryl/α,β-unsaturated/α-hetero) is 1. The van der Waals surface area contributed by atoms with E-state index in [1.165, 1.54) is 12.0 Å². The maximum absolute atomic E-state index is 12.8. The molecule has 4 rings (SSSR count). The Morgan fingerprint density at radius 3 is 2.41 bits per heavy atom. The first-order chi connectivity index (χ1) is 14.0. The summed E-state index contributed by atoms with van der Waals surface area (Å²) in [7, 11) is 0. The van der Waals surface area contributed by atoms with E-state index in [0.29, 0.717) is 17.2 Å². The second kappa shape index (κ2) is 7.75. The van der Waals surface area contributed by atoms with E-state index in [1.54, 1.807) is 12.1 Å². The maximum atomic E-state index is 12.8. The summed E-state index contributed by atoms with van der Waals surface area (Å²) in [6.07, 6.45) is 1.28. The van der Waals surface area contributed by atoms with Gasteiger partial charge in [-0.25, -0.2) is 0 Å². The molecular weight excluding hydrogens is 366 g/mol. The van der Waals surface area contributed by atoms with Crippen LogP contribution in [0.15, 0.2) is 65.4 Å². The lowest BCUT2D eigenvalue weighted by Crippen LogP contribution is -2.12. The third-order valence-corrected chi connectivity index (χ3v) is 4.85. The molecule has 0 fully saturated rings. The van der Waals surface area contributed by atoms with E-state index < -0.39 is 0 Å². The number of benzene rings is 2. The van der Waals surface area contributed by atoms with Gasteiger partial charge in [-0.05, 0) is 63.2 Å². The Balaban J connectivity index is 1.47. The summed E-state index contributed by atoms with van der Waals surface area (Å²) < 4.78 is 12.9. The molecule has 0 aliphatic heterocycles. The smallest absolute Gasteiger partial charge is 0.247 e. The second-order valence-electron chi connectivity index (χ2n) is 6.94. The zero-order valence-corrected chi connectivity index (χ0v) is 16.5. The lowest BCUT2D eigenvalue weighted by atomic mass is 10.1. The van der Waals surface area contributed by atoms with Gasteiger partial charge in [0.15, 0.2) is 6.61 Å². The third-order valence-electron chi connectivity index (χ3n) is 4.85. The summed E-state index contributed by atoms with van der Waals surface area (Å²) >= 11 is 0. The zero-order chi connectivity index (χ0) is 20.4. The van der Waals surface area contributed by atoms with Crippen LogP contribution in [0.5, 0.6) is 5.75 Å². The van der Waals surface area contributed by atoms with E-state index in [1.807, 2.05) is 32.0 Å². The summed E-state index contributed by atoms with van der Waals surface area (Å²) in [6, 6.07) is 17.4. The van der Waals surface area contributed by atoms with Gasteiger partial charge in [0.25, 0.3) is 0 Å². The van der Waals surface area contributed by atoms with Gasteiger partial charge in [-0.1, -0.05) is 17.7 Å². The van der Waals surface area contributed by atoms with Crippen LogP contribution in [-0.4, -0.2) is 27.2 Å². The molecule has 0 bridgehead atoms. The van der Waals surface area contributed by atoms with Crippen LogP contribution in [-0.2, 0) is 0 Å². The first kappa shape index (κ1) is 18.7. The van der Waals surface area contributed by atoms with Crippen LogP contribution in [0.25, 0.3) is 17.1 Å². The highest BCUT2D eigenvalue weighted by atomic mass is 16.5. The fraction of sp³-hybridized carbons (Fsp3) is 0.174. The third kappa shape index (κ3) is 3.82. The number of rotatable bonds is 6. The Bertz CT molecular complexity index is 1130. The summed E-state index contributed by atoms with van der Waals surface area (Å²) in [4.78, 5) is 12.8. The van der Waals surface area contributed by atoms with Crippen LogP contribution in [0.3, 0.4) is 0 Å². The minimum atomic E-state index is -0.0579. The molecule has 0 spiro atoms. The lowest BCUT2D eigenvalue weighted by molar-refractivity contribution is 0.0921. The van der Waals surface area contributed by atoms with Crippen LogP contribution >= 0.6 is 0 Å². The first-order valence-electron chi connectivity index (χ1n) is 9.31. The monoisotopic (exact) mass is 387 g/mol. The topological polar surface area (TPSA) is 70.2 Å². The van der Waals surface area contributed by atoms with Crippen LogP contribution in [0.2, 0.25) is 0 Å². The van der Waals surface area contributed by atoms with E-state index in [4.69, 9.17) is 9.15 Å². The van der Waals surface area contributed by atoms with Gasteiger partial charge in [0.05, 0.1) is 0 Å². The standard InChI is InChI=1S/C23H21N3O3/c1-15-4-8-19(9-5-15)26-16(2)12-21(17(26)3)22(27)13-28-20-10-6-18(7-11-20)23-25-24-14-29-23/h4-12,14H,13H2,1-3H3. The molecule has 0 unspecified atom stereocenters. The Kier molecular flexibility index (Phi) is 4.99. The van der Waals surface area contributed by atoms with Gasteiger partial charge in [0.2, 0.25) is 18.1 Å². The fourth-order valence-corrected chi connectivity index (χ4v) is 3.36. The fourth-order valence-electron chi connectivity index (χ4n) is 3.36. The molecule has 0 N–H and O–H groups in total. The average Bonchev–Trinajstić information content (AvgIpc) is 3.36. The molecule has 6 heteroatoms. The van der Waals surface area contributed by atoms with Crippen molar-refractivity contribution < 1.29 is 13.9 Å². The summed E-state index contributed by atoms with van der Waals surface area (Å²) in [6.45, 7) is 5.98. The average molecular weight is 387 g/mol. The Morgan fingerprint density at radius 2 is 1.76 bits per heavy atom. The zero-order valence-electron chi connectivity index (χ0n) is 16.5. The number of aryl methyl sites for hydroxylation is 2. The molecule has 0 aliphatic rings. The van der Waals surface area contributed by atoms with Gasteiger partial charge in [0, 0.05) is 28.2 Å². The summed E-state index contributed by atoms with van der Waals surface area (Å²) in [5, 5.41) is 7.53. The largest absolute Gasteiger partial charge is 0.485 e. The summed E-state index contributed by atoms with van der Waals surface area (Å²) in [5.41, 5.74) is 5.63. The van der Waals surface area contributed by atoms with E-state index in [9.17, 15) is 4.79 Å². The van der Waals surface area contributed by atoms with Crippen molar-refractivity contribution in [2.75, 3.05) is 6.61 Å². The molecule has 146 valence electrons. The SMILES string of the molecule is Cc1ccc(-n2c(C)cc(C(=O)COc3ccc(-c4nnco4)cc3)c2C)cc1. The number of nitrogens with zero attached hydrogens (tertiary/aromatic N) is 3. The number of hydrogen-bond acceptors (Lipinski definition) is 5. The Hall–Kier alpha value is -3.67. The van der Waals surface area contributed by atoms with Gasteiger partial charge in [-0.15, -0.1) is 10.2 Å². The number of ketones is 1. The van der Waals surface area contributed by atoms with Crippen molar-refractivity contribution >= 4 is 5.78 Å². The van der Waals surface area contributed by atoms with Gasteiger partial charge in [-0.2, -0.15) is 0 Å². The number of carbonyl (C=O) groups excluding carboxylic acids is 1. The van der Waals surface area contributed by atoms with Crippen molar-refractivity contribution in [1.82, 2.24) is 14.8 Å².